The van der Waals surface area contributed by atoms with Gasteiger partial charge in [-0.2, -0.15) is 0 Å². The number of aliphatic hydroxyl groups is 1. The summed E-state index contributed by atoms with van der Waals surface area (Å²) >= 11 is 0. The molecule has 2 rings (SSSR count). The van der Waals surface area contributed by atoms with E-state index in [2.05, 4.69) is 10.6 Å². The fourth-order valence-electron chi connectivity index (χ4n) is 3.32. The maximum Gasteiger partial charge on any atom is 0.317 e. The molecule has 0 aromatic heterocycles. The molecule has 3 N–H and O–H groups in total. The molecule has 0 aromatic carbocycles. The molecule has 0 spiro atoms. The summed E-state index contributed by atoms with van der Waals surface area (Å²) in [5.41, 5.74) is -1.89. The van der Waals surface area contributed by atoms with Crippen LogP contribution in [0.4, 0.5) is 13.6 Å². The Balaban J connectivity index is 2.11. The summed E-state index contributed by atoms with van der Waals surface area (Å²) < 4.78 is 32.3. The highest BCUT2D eigenvalue weighted by Gasteiger charge is 2.51. The van der Waals surface area contributed by atoms with Crippen molar-refractivity contribution in [2.24, 2.45) is 5.92 Å². The number of likely N-dealkylation sites (tertiary alicyclic amines) is 1. The summed E-state index contributed by atoms with van der Waals surface area (Å²) in [5.74, 6) is -3.87. The van der Waals surface area contributed by atoms with Crippen molar-refractivity contribution in [1.82, 2.24) is 15.5 Å². The second-order valence-corrected chi connectivity index (χ2v) is 8.11. The largest absolute Gasteiger partial charge is 0.460 e. The molecule has 3 atom stereocenters. The van der Waals surface area contributed by atoms with Gasteiger partial charge in [-0.1, -0.05) is 6.92 Å². The van der Waals surface area contributed by atoms with E-state index in [-0.39, 0.29) is 25.9 Å². The minimum Gasteiger partial charge on any atom is -0.460 e. The number of carbonyl (C=O) groups is 2. The van der Waals surface area contributed by atoms with Gasteiger partial charge in [-0.3, -0.25) is 9.69 Å². The van der Waals surface area contributed by atoms with Crippen molar-refractivity contribution in [1.29, 1.82) is 0 Å². The van der Waals surface area contributed by atoms with Crippen molar-refractivity contribution in [3.8, 4) is 0 Å². The number of amides is 2. The van der Waals surface area contributed by atoms with Crippen molar-refractivity contribution in [3.63, 3.8) is 0 Å². The molecule has 2 fully saturated rings. The van der Waals surface area contributed by atoms with Gasteiger partial charge in [0.2, 0.25) is 0 Å². The van der Waals surface area contributed by atoms with Crippen LogP contribution in [0.3, 0.4) is 0 Å². The second-order valence-electron chi connectivity index (χ2n) is 8.11. The van der Waals surface area contributed by atoms with Crippen molar-refractivity contribution in [3.05, 3.63) is 0 Å². The number of hydrogen-bond acceptors (Lipinski definition) is 5. The second kappa shape index (κ2) is 6.68. The summed E-state index contributed by atoms with van der Waals surface area (Å²) in [7, 11) is 0. The zero-order valence-corrected chi connectivity index (χ0v) is 15.1. The predicted octanol–water partition coefficient (Wildman–Crippen LogP) is 1.07. The summed E-state index contributed by atoms with van der Waals surface area (Å²) in [6, 6.07) is -0.588. The van der Waals surface area contributed by atoms with Gasteiger partial charge in [-0.25, -0.2) is 13.6 Å². The average molecular weight is 363 g/mol. The summed E-state index contributed by atoms with van der Waals surface area (Å²) in [4.78, 5) is 25.4. The first-order chi connectivity index (χ1) is 11.3. The van der Waals surface area contributed by atoms with Crippen molar-refractivity contribution < 1.29 is 28.2 Å². The molecule has 9 heteroatoms. The van der Waals surface area contributed by atoms with Crippen LogP contribution in [0.2, 0.25) is 0 Å². The lowest BCUT2D eigenvalue weighted by atomic mass is 9.86. The van der Waals surface area contributed by atoms with Crippen LogP contribution in [0, 0.1) is 5.92 Å². The Morgan fingerprint density at radius 1 is 1.48 bits per heavy atom. The fraction of sp³-hybridized carbons (Fsp3) is 0.875. The third-order valence-electron chi connectivity index (χ3n) is 4.39. The molecule has 2 aliphatic heterocycles. The highest BCUT2D eigenvalue weighted by atomic mass is 19.3. The molecule has 2 saturated heterocycles. The third-order valence-corrected chi connectivity index (χ3v) is 4.39. The molecule has 0 aromatic rings. The minimum atomic E-state index is -2.78. The Kier molecular flexibility index (Phi) is 5.30. The number of nitrogens with one attached hydrogen (secondary N) is 2. The quantitative estimate of drug-likeness (QED) is 0.636. The molecular formula is C16H27F2N3O4. The lowest BCUT2D eigenvalue weighted by Crippen LogP contribution is -2.58. The van der Waals surface area contributed by atoms with Crippen LogP contribution < -0.4 is 10.6 Å². The number of hydrogen-bond donors (Lipinski definition) is 3. The normalized spacial score (nSPS) is 30.7. The highest BCUT2D eigenvalue weighted by molar-refractivity contribution is 5.79. The van der Waals surface area contributed by atoms with E-state index in [9.17, 15) is 23.5 Å². The van der Waals surface area contributed by atoms with Gasteiger partial charge in [0, 0.05) is 19.5 Å². The zero-order chi connectivity index (χ0) is 19.0. The summed E-state index contributed by atoms with van der Waals surface area (Å²) in [6.45, 7) is 6.62. The predicted molar refractivity (Wildman–Crippen MR) is 86.0 cm³/mol. The Morgan fingerprint density at radius 3 is 2.56 bits per heavy atom. The van der Waals surface area contributed by atoms with Gasteiger partial charge >= 0.3 is 12.0 Å². The highest BCUT2D eigenvalue weighted by Crippen LogP contribution is 2.32. The van der Waals surface area contributed by atoms with Crippen LogP contribution in [-0.4, -0.2) is 64.9 Å². The van der Waals surface area contributed by atoms with E-state index in [1.54, 1.807) is 27.7 Å². The summed E-state index contributed by atoms with van der Waals surface area (Å²) in [5, 5.41) is 15.3. The number of rotatable bonds is 5. The van der Waals surface area contributed by atoms with Crippen LogP contribution in [-0.2, 0) is 9.53 Å². The molecular weight excluding hydrogens is 336 g/mol. The first kappa shape index (κ1) is 19.8. The van der Waals surface area contributed by atoms with Gasteiger partial charge in [-0.05, 0) is 27.2 Å². The van der Waals surface area contributed by atoms with Crippen molar-refractivity contribution in [2.75, 3.05) is 19.6 Å². The minimum absolute atomic E-state index is 0.0234. The number of halogens is 2. The Hall–Kier alpha value is -1.48. The van der Waals surface area contributed by atoms with Gasteiger partial charge in [0.05, 0.1) is 18.0 Å². The molecule has 0 radical (unpaired) electrons. The SMILES string of the molecule is CC(CC1(CN2CCC(F)(F)C2)NC(=O)NC1O)C(=O)OC(C)(C)C. The van der Waals surface area contributed by atoms with Crippen molar-refractivity contribution in [2.45, 2.75) is 63.8 Å². The Labute approximate surface area is 146 Å². The molecule has 7 nitrogen and oxygen atoms in total. The number of alkyl halides is 2. The van der Waals surface area contributed by atoms with Gasteiger partial charge in [0.1, 0.15) is 5.60 Å². The van der Waals surface area contributed by atoms with E-state index in [0.29, 0.717) is 0 Å². The molecule has 2 amide bonds. The van der Waals surface area contributed by atoms with E-state index in [0.717, 1.165) is 0 Å². The number of urea groups is 1. The van der Waals surface area contributed by atoms with Gasteiger partial charge < -0.3 is 20.5 Å². The Morgan fingerprint density at radius 2 is 2.12 bits per heavy atom. The molecule has 0 bridgehead atoms. The number of ether oxygens (including phenoxy) is 1. The monoisotopic (exact) mass is 363 g/mol. The molecule has 0 saturated carbocycles. The zero-order valence-electron chi connectivity index (χ0n) is 15.1. The van der Waals surface area contributed by atoms with E-state index >= 15 is 0 Å². The van der Waals surface area contributed by atoms with E-state index in [1.165, 1.54) is 4.90 Å². The topological polar surface area (TPSA) is 90.9 Å². The Bertz CT molecular complexity index is 538. The number of carbonyl (C=O) groups excluding carboxylic acids is 2. The maximum absolute atomic E-state index is 13.5. The number of nitrogens with zero attached hydrogens (tertiary/aromatic N) is 1. The maximum atomic E-state index is 13.5. The first-order valence-corrected chi connectivity index (χ1v) is 8.42. The number of esters is 1. The fourth-order valence-corrected chi connectivity index (χ4v) is 3.32. The smallest absolute Gasteiger partial charge is 0.317 e. The van der Waals surface area contributed by atoms with Crippen LogP contribution in [0.25, 0.3) is 0 Å². The molecule has 0 aliphatic carbocycles. The van der Waals surface area contributed by atoms with Gasteiger partial charge in [0.25, 0.3) is 5.92 Å². The number of aliphatic hydroxyl groups excluding tert-OH is 1. The molecule has 25 heavy (non-hydrogen) atoms. The van der Waals surface area contributed by atoms with Gasteiger partial charge in [0.15, 0.2) is 6.23 Å². The molecule has 3 unspecified atom stereocenters. The lowest BCUT2D eigenvalue weighted by molar-refractivity contribution is -0.160. The standard InChI is InChI=1S/C16H27F2N3O4/c1-10(11(22)25-14(2,3)4)7-15(12(23)19-13(24)20-15)8-21-6-5-16(17,18)9-21/h10,12,23H,5-9H2,1-4H3,(H2,19,20,24). The summed E-state index contributed by atoms with van der Waals surface area (Å²) in [6.07, 6.45) is -1.47. The van der Waals surface area contributed by atoms with E-state index in [1.807, 2.05) is 0 Å². The first-order valence-electron chi connectivity index (χ1n) is 8.42. The van der Waals surface area contributed by atoms with Gasteiger partial charge in [-0.15, -0.1) is 0 Å². The molecule has 2 heterocycles. The third kappa shape index (κ3) is 5.01. The van der Waals surface area contributed by atoms with Crippen LogP contribution in [0.15, 0.2) is 0 Å². The van der Waals surface area contributed by atoms with E-state index < -0.39 is 47.8 Å². The van der Waals surface area contributed by atoms with Crippen molar-refractivity contribution >= 4 is 12.0 Å². The molecule has 2 aliphatic rings. The van der Waals surface area contributed by atoms with Crippen LogP contribution in [0.1, 0.15) is 40.5 Å². The molecule has 144 valence electrons. The lowest BCUT2D eigenvalue weighted by Gasteiger charge is -2.36. The van der Waals surface area contributed by atoms with Crippen LogP contribution in [0.5, 0.6) is 0 Å². The average Bonchev–Trinajstić information content (AvgIpc) is 2.87. The van der Waals surface area contributed by atoms with E-state index in [4.69, 9.17) is 4.74 Å². The van der Waals surface area contributed by atoms with Crippen LogP contribution >= 0.6 is 0 Å².